The van der Waals surface area contributed by atoms with Crippen LogP contribution in [0.15, 0.2) is 58.8 Å². The van der Waals surface area contributed by atoms with Crippen molar-refractivity contribution in [3.8, 4) is 0 Å². The van der Waals surface area contributed by atoms with Crippen LogP contribution in [0.2, 0.25) is 0 Å². The second kappa shape index (κ2) is 5.88. The summed E-state index contributed by atoms with van der Waals surface area (Å²) in [5.41, 5.74) is 4.49. The van der Waals surface area contributed by atoms with Crippen LogP contribution in [0.25, 0.3) is 0 Å². The highest BCUT2D eigenvalue weighted by atomic mass is 16.5. The second-order valence-electron chi connectivity index (χ2n) is 4.02. The van der Waals surface area contributed by atoms with Gasteiger partial charge in [-0.1, -0.05) is 17.7 Å². The summed E-state index contributed by atoms with van der Waals surface area (Å²) in [6, 6.07) is 14.1. The number of hydrogen-bond acceptors (Lipinski definition) is 4. The SMILES string of the molecule is Cc1ccc(/N=N/c2ccc(C(=O)NO)cc2)cc1. The molecule has 5 heteroatoms. The van der Waals surface area contributed by atoms with Gasteiger partial charge in [-0.05, 0) is 43.3 Å². The molecule has 0 bridgehead atoms. The first-order valence-corrected chi connectivity index (χ1v) is 5.72. The van der Waals surface area contributed by atoms with Crippen LogP contribution in [-0.4, -0.2) is 11.1 Å². The van der Waals surface area contributed by atoms with Crippen LogP contribution in [0.5, 0.6) is 0 Å². The number of hydroxylamine groups is 1. The van der Waals surface area contributed by atoms with Crippen LogP contribution in [0.3, 0.4) is 0 Å². The fourth-order valence-electron chi connectivity index (χ4n) is 1.47. The Bertz CT molecular complexity index is 589. The molecule has 2 rings (SSSR count). The number of rotatable bonds is 3. The van der Waals surface area contributed by atoms with Gasteiger partial charge in [0.05, 0.1) is 11.4 Å². The van der Waals surface area contributed by atoms with Crippen molar-refractivity contribution in [3.05, 3.63) is 59.7 Å². The number of nitrogens with zero attached hydrogens (tertiary/aromatic N) is 2. The molecular formula is C14H13N3O2. The number of carbonyl (C=O) groups is 1. The molecule has 0 aliphatic rings. The van der Waals surface area contributed by atoms with Gasteiger partial charge < -0.3 is 0 Å². The number of hydrogen-bond donors (Lipinski definition) is 2. The van der Waals surface area contributed by atoms with Crippen molar-refractivity contribution in [2.45, 2.75) is 6.92 Å². The van der Waals surface area contributed by atoms with E-state index in [0.717, 1.165) is 5.69 Å². The van der Waals surface area contributed by atoms with Crippen LogP contribution in [0.1, 0.15) is 15.9 Å². The van der Waals surface area contributed by atoms with Gasteiger partial charge >= 0.3 is 0 Å². The van der Waals surface area contributed by atoms with Gasteiger partial charge in [0.15, 0.2) is 0 Å². The molecule has 19 heavy (non-hydrogen) atoms. The summed E-state index contributed by atoms with van der Waals surface area (Å²) < 4.78 is 0. The minimum absolute atomic E-state index is 0.358. The third-order valence-electron chi connectivity index (χ3n) is 2.55. The average molecular weight is 255 g/mol. The molecule has 0 saturated carbocycles. The monoisotopic (exact) mass is 255 g/mol. The molecular weight excluding hydrogens is 242 g/mol. The van der Waals surface area contributed by atoms with E-state index >= 15 is 0 Å². The van der Waals surface area contributed by atoms with Gasteiger partial charge in [-0.15, -0.1) is 0 Å². The molecule has 0 aliphatic carbocycles. The van der Waals surface area contributed by atoms with E-state index in [9.17, 15) is 4.79 Å². The van der Waals surface area contributed by atoms with E-state index in [1.807, 2.05) is 31.2 Å². The molecule has 0 unspecified atom stereocenters. The highest BCUT2D eigenvalue weighted by Crippen LogP contribution is 2.19. The molecule has 2 N–H and O–H groups in total. The van der Waals surface area contributed by atoms with E-state index in [0.29, 0.717) is 11.3 Å². The lowest BCUT2D eigenvalue weighted by Gasteiger charge is -1.98. The van der Waals surface area contributed by atoms with Crippen molar-refractivity contribution in [1.29, 1.82) is 0 Å². The number of benzene rings is 2. The number of carbonyl (C=O) groups excluding carboxylic acids is 1. The van der Waals surface area contributed by atoms with Gasteiger partial charge in [-0.25, -0.2) is 5.48 Å². The maximum absolute atomic E-state index is 11.1. The first-order chi connectivity index (χ1) is 9.19. The minimum Gasteiger partial charge on any atom is -0.288 e. The first-order valence-electron chi connectivity index (χ1n) is 5.72. The molecule has 0 aliphatic heterocycles. The normalized spacial score (nSPS) is 10.6. The summed E-state index contributed by atoms with van der Waals surface area (Å²) in [5.74, 6) is -0.554. The van der Waals surface area contributed by atoms with Gasteiger partial charge in [0.2, 0.25) is 0 Å². The highest BCUT2D eigenvalue weighted by Gasteiger charge is 2.02. The van der Waals surface area contributed by atoms with E-state index in [1.165, 1.54) is 5.56 Å². The molecule has 0 spiro atoms. The van der Waals surface area contributed by atoms with Crippen molar-refractivity contribution >= 4 is 17.3 Å². The number of aryl methyl sites for hydroxylation is 1. The van der Waals surface area contributed by atoms with Crippen LogP contribution in [0, 0.1) is 6.92 Å². The van der Waals surface area contributed by atoms with E-state index in [2.05, 4.69) is 10.2 Å². The van der Waals surface area contributed by atoms with Crippen LogP contribution >= 0.6 is 0 Å². The third kappa shape index (κ3) is 3.46. The van der Waals surface area contributed by atoms with Gasteiger partial charge in [0, 0.05) is 5.56 Å². The molecule has 0 saturated heterocycles. The Balaban J connectivity index is 2.11. The van der Waals surface area contributed by atoms with Crippen molar-refractivity contribution in [3.63, 3.8) is 0 Å². The van der Waals surface area contributed by atoms with Crippen molar-refractivity contribution in [1.82, 2.24) is 5.48 Å². The maximum Gasteiger partial charge on any atom is 0.274 e. The average Bonchev–Trinajstić information content (AvgIpc) is 2.46. The van der Waals surface area contributed by atoms with E-state index < -0.39 is 5.91 Å². The minimum atomic E-state index is -0.554. The lowest BCUT2D eigenvalue weighted by Crippen LogP contribution is -2.18. The number of azo groups is 1. The van der Waals surface area contributed by atoms with Crippen LogP contribution < -0.4 is 5.48 Å². The summed E-state index contributed by atoms with van der Waals surface area (Å²) in [6.45, 7) is 2.01. The zero-order valence-electron chi connectivity index (χ0n) is 10.4. The van der Waals surface area contributed by atoms with Crippen LogP contribution in [-0.2, 0) is 0 Å². The largest absolute Gasteiger partial charge is 0.288 e. The zero-order valence-corrected chi connectivity index (χ0v) is 10.4. The fourth-order valence-corrected chi connectivity index (χ4v) is 1.47. The van der Waals surface area contributed by atoms with E-state index in [1.54, 1.807) is 29.7 Å². The van der Waals surface area contributed by atoms with Crippen molar-refractivity contribution in [2.24, 2.45) is 10.2 Å². The Morgan fingerprint density at radius 2 is 1.42 bits per heavy atom. The lowest BCUT2D eigenvalue weighted by molar-refractivity contribution is 0.0706. The molecule has 0 aromatic heterocycles. The molecule has 0 fully saturated rings. The smallest absolute Gasteiger partial charge is 0.274 e. The predicted octanol–water partition coefficient (Wildman–Crippen LogP) is 3.53. The van der Waals surface area contributed by atoms with Gasteiger partial charge in [-0.2, -0.15) is 10.2 Å². The van der Waals surface area contributed by atoms with Crippen molar-refractivity contribution < 1.29 is 10.0 Å². The molecule has 2 aromatic carbocycles. The third-order valence-corrected chi connectivity index (χ3v) is 2.55. The Morgan fingerprint density at radius 1 is 0.947 bits per heavy atom. The highest BCUT2D eigenvalue weighted by molar-refractivity contribution is 5.93. The quantitative estimate of drug-likeness (QED) is 0.500. The molecule has 0 heterocycles. The number of nitrogens with one attached hydrogen (secondary N) is 1. The van der Waals surface area contributed by atoms with Crippen molar-refractivity contribution in [2.75, 3.05) is 0 Å². The second-order valence-corrected chi connectivity index (χ2v) is 4.02. The summed E-state index contributed by atoms with van der Waals surface area (Å²) in [6.07, 6.45) is 0. The molecule has 0 atom stereocenters. The Kier molecular flexibility index (Phi) is 4.00. The number of amides is 1. The summed E-state index contributed by atoms with van der Waals surface area (Å²) >= 11 is 0. The summed E-state index contributed by atoms with van der Waals surface area (Å²) in [7, 11) is 0. The molecule has 1 amide bonds. The topological polar surface area (TPSA) is 74.0 Å². The van der Waals surface area contributed by atoms with Gasteiger partial charge in [-0.3, -0.25) is 10.0 Å². The fraction of sp³-hybridized carbons (Fsp3) is 0.0714. The lowest BCUT2D eigenvalue weighted by atomic mass is 10.2. The van der Waals surface area contributed by atoms with E-state index in [-0.39, 0.29) is 0 Å². The summed E-state index contributed by atoms with van der Waals surface area (Å²) in [4.78, 5) is 11.1. The molecule has 0 radical (unpaired) electrons. The maximum atomic E-state index is 11.1. The standard InChI is InChI=1S/C14H13N3O2/c1-10-2-6-12(7-3-10)15-16-13-8-4-11(5-9-13)14(18)17-19/h2-9,19H,1H3,(H,17,18)/b16-15+. The Hall–Kier alpha value is -2.53. The van der Waals surface area contributed by atoms with Gasteiger partial charge in [0.1, 0.15) is 0 Å². The first kappa shape index (κ1) is 12.9. The Morgan fingerprint density at radius 3 is 1.89 bits per heavy atom. The molecule has 96 valence electrons. The van der Waals surface area contributed by atoms with Crippen LogP contribution in [0.4, 0.5) is 11.4 Å². The predicted molar refractivity (Wildman–Crippen MR) is 71.0 cm³/mol. The van der Waals surface area contributed by atoms with E-state index in [4.69, 9.17) is 5.21 Å². The summed E-state index contributed by atoms with van der Waals surface area (Å²) in [5, 5.41) is 16.6. The van der Waals surface area contributed by atoms with Gasteiger partial charge in [0.25, 0.3) is 5.91 Å². The molecule has 2 aromatic rings. The zero-order chi connectivity index (χ0) is 13.7. The molecule has 5 nitrogen and oxygen atoms in total. The Labute approximate surface area is 110 Å².